The number of sulfonamides is 1. The molecule has 6 heteroatoms. The first-order valence-corrected chi connectivity index (χ1v) is 8.59. The molecule has 106 valence electrons. The second-order valence-electron chi connectivity index (χ2n) is 5.30. The molecule has 3 nitrogen and oxygen atoms in total. The third kappa shape index (κ3) is 3.55. The lowest BCUT2D eigenvalue weighted by atomic mass is 9.84. The van der Waals surface area contributed by atoms with Gasteiger partial charge in [0.05, 0.1) is 0 Å². The lowest BCUT2D eigenvalue weighted by Gasteiger charge is -2.34. The average molecular weight is 350 g/mol. The van der Waals surface area contributed by atoms with E-state index in [0.29, 0.717) is 4.47 Å². The fraction of sp³-hybridized carbons (Fsp3) is 0.538. The highest BCUT2D eigenvalue weighted by Crippen LogP contribution is 2.30. The van der Waals surface area contributed by atoms with E-state index in [1.54, 1.807) is 0 Å². The molecule has 0 radical (unpaired) electrons. The smallest absolute Gasteiger partial charge is 0.207 e. The van der Waals surface area contributed by atoms with E-state index in [2.05, 4.69) is 20.7 Å². The van der Waals surface area contributed by atoms with Crippen LogP contribution in [0.2, 0.25) is 0 Å². The van der Waals surface area contributed by atoms with Gasteiger partial charge in [0, 0.05) is 10.0 Å². The quantitative estimate of drug-likeness (QED) is 0.906. The van der Waals surface area contributed by atoms with E-state index in [4.69, 9.17) is 0 Å². The largest absolute Gasteiger partial charge is 0.243 e. The molecular formula is C13H17BrFNO2S. The molecular weight excluding hydrogens is 333 g/mol. The molecule has 1 aromatic carbocycles. The van der Waals surface area contributed by atoms with Crippen LogP contribution < -0.4 is 4.72 Å². The zero-order valence-electron chi connectivity index (χ0n) is 10.7. The van der Waals surface area contributed by atoms with Crippen LogP contribution in [0.25, 0.3) is 0 Å². The van der Waals surface area contributed by atoms with Gasteiger partial charge in [0.25, 0.3) is 0 Å². The van der Waals surface area contributed by atoms with E-state index >= 15 is 0 Å². The molecule has 1 saturated carbocycles. The molecule has 0 atom stereocenters. The van der Waals surface area contributed by atoms with E-state index in [-0.39, 0.29) is 4.90 Å². The summed E-state index contributed by atoms with van der Waals surface area (Å²) in [5, 5.41) is 0. The number of hydrogen-bond acceptors (Lipinski definition) is 2. The van der Waals surface area contributed by atoms with Gasteiger partial charge in [0.15, 0.2) is 0 Å². The number of nitrogens with one attached hydrogen (secondary N) is 1. The van der Waals surface area contributed by atoms with Gasteiger partial charge in [-0.15, -0.1) is 0 Å². The molecule has 0 bridgehead atoms. The summed E-state index contributed by atoms with van der Waals surface area (Å²) < 4.78 is 41.5. The van der Waals surface area contributed by atoms with Crippen LogP contribution in [-0.4, -0.2) is 14.0 Å². The Morgan fingerprint density at radius 2 is 1.89 bits per heavy atom. The van der Waals surface area contributed by atoms with Gasteiger partial charge in [-0.05, 0) is 38.0 Å². The first-order valence-electron chi connectivity index (χ1n) is 6.31. The fourth-order valence-corrected chi connectivity index (χ4v) is 4.37. The van der Waals surface area contributed by atoms with Crippen molar-refractivity contribution in [2.75, 3.05) is 0 Å². The first-order chi connectivity index (χ1) is 8.82. The van der Waals surface area contributed by atoms with Gasteiger partial charge in [-0.2, -0.15) is 0 Å². The molecule has 19 heavy (non-hydrogen) atoms. The minimum atomic E-state index is -3.81. The van der Waals surface area contributed by atoms with Crippen molar-refractivity contribution in [2.45, 2.75) is 49.5 Å². The standard InChI is InChI=1S/C13H17BrFNO2S/c1-13(7-3-2-4-8-13)16-19(17,18)12-6-5-10(14)9-11(12)15/h5-6,9,16H,2-4,7-8H2,1H3. The van der Waals surface area contributed by atoms with Crippen molar-refractivity contribution >= 4 is 26.0 Å². The summed E-state index contributed by atoms with van der Waals surface area (Å²) in [7, 11) is -3.81. The summed E-state index contributed by atoms with van der Waals surface area (Å²) in [6, 6.07) is 3.98. The number of rotatable bonds is 3. The maximum Gasteiger partial charge on any atom is 0.243 e. The van der Waals surface area contributed by atoms with Gasteiger partial charge in [0.1, 0.15) is 10.7 Å². The number of benzene rings is 1. The fourth-order valence-electron chi connectivity index (χ4n) is 2.51. The van der Waals surface area contributed by atoms with Crippen LogP contribution in [0.5, 0.6) is 0 Å². The Bertz CT molecular complexity index is 568. The summed E-state index contributed by atoms with van der Waals surface area (Å²) in [5.74, 6) is -0.735. The monoisotopic (exact) mass is 349 g/mol. The highest BCUT2D eigenvalue weighted by molar-refractivity contribution is 9.10. The van der Waals surface area contributed by atoms with Crippen LogP contribution in [0.3, 0.4) is 0 Å². The molecule has 0 saturated heterocycles. The molecule has 0 aliphatic heterocycles. The van der Waals surface area contributed by atoms with Crippen LogP contribution in [0.1, 0.15) is 39.0 Å². The lowest BCUT2D eigenvalue weighted by Crippen LogP contribution is -2.47. The van der Waals surface area contributed by atoms with Crippen LogP contribution >= 0.6 is 15.9 Å². The Morgan fingerprint density at radius 3 is 2.47 bits per heavy atom. The van der Waals surface area contributed by atoms with Gasteiger partial charge in [-0.25, -0.2) is 17.5 Å². The molecule has 0 spiro atoms. The SMILES string of the molecule is CC1(NS(=O)(=O)c2ccc(Br)cc2F)CCCCC1. The second kappa shape index (κ2) is 5.50. The van der Waals surface area contributed by atoms with E-state index in [0.717, 1.165) is 38.2 Å². The second-order valence-corrected chi connectivity index (χ2v) is 7.87. The topological polar surface area (TPSA) is 46.2 Å². The molecule has 1 N–H and O–H groups in total. The van der Waals surface area contributed by atoms with E-state index in [1.807, 2.05) is 6.92 Å². The predicted octanol–water partition coefficient (Wildman–Crippen LogP) is 3.59. The molecule has 0 unspecified atom stereocenters. The van der Waals surface area contributed by atoms with E-state index < -0.39 is 21.4 Å². The van der Waals surface area contributed by atoms with Crippen molar-refractivity contribution in [1.82, 2.24) is 4.72 Å². The van der Waals surface area contributed by atoms with Crippen LogP contribution in [0.15, 0.2) is 27.6 Å². The molecule has 0 heterocycles. The molecule has 1 aliphatic rings. The van der Waals surface area contributed by atoms with Crippen molar-refractivity contribution in [3.8, 4) is 0 Å². The minimum Gasteiger partial charge on any atom is -0.207 e. The van der Waals surface area contributed by atoms with Crippen LogP contribution in [-0.2, 0) is 10.0 Å². The van der Waals surface area contributed by atoms with Crippen molar-refractivity contribution in [2.24, 2.45) is 0 Å². The minimum absolute atomic E-state index is 0.289. The Hall–Kier alpha value is -0.460. The maximum atomic E-state index is 13.8. The third-order valence-corrected chi connectivity index (χ3v) is 5.69. The number of hydrogen-bond donors (Lipinski definition) is 1. The molecule has 1 aliphatic carbocycles. The summed E-state index contributed by atoms with van der Waals surface area (Å²) in [6.45, 7) is 1.89. The van der Waals surface area contributed by atoms with Gasteiger partial charge in [-0.1, -0.05) is 35.2 Å². The van der Waals surface area contributed by atoms with Crippen molar-refractivity contribution in [3.05, 3.63) is 28.5 Å². The maximum absolute atomic E-state index is 13.8. The van der Waals surface area contributed by atoms with Crippen molar-refractivity contribution in [3.63, 3.8) is 0 Å². The highest BCUT2D eigenvalue weighted by atomic mass is 79.9. The van der Waals surface area contributed by atoms with Crippen LogP contribution in [0, 0.1) is 5.82 Å². The Labute approximate surface area is 121 Å². The van der Waals surface area contributed by atoms with Crippen molar-refractivity contribution in [1.29, 1.82) is 0 Å². The summed E-state index contributed by atoms with van der Waals surface area (Å²) >= 11 is 3.12. The molecule has 0 amide bonds. The lowest BCUT2D eigenvalue weighted by molar-refractivity contribution is 0.293. The predicted molar refractivity (Wildman–Crippen MR) is 75.9 cm³/mol. The van der Waals surface area contributed by atoms with E-state index in [1.165, 1.54) is 12.1 Å². The molecule has 2 rings (SSSR count). The van der Waals surface area contributed by atoms with Gasteiger partial charge >= 0.3 is 0 Å². The Morgan fingerprint density at radius 1 is 1.26 bits per heavy atom. The third-order valence-electron chi connectivity index (χ3n) is 3.52. The van der Waals surface area contributed by atoms with Crippen molar-refractivity contribution < 1.29 is 12.8 Å². The zero-order chi connectivity index (χ0) is 14.1. The van der Waals surface area contributed by atoms with Gasteiger partial charge in [0.2, 0.25) is 10.0 Å². The first kappa shape index (κ1) is 14.9. The van der Waals surface area contributed by atoms with Gasteiger partial charge in [-0.3, -0.25) is 0 Å². The van der Waals surface area contributed by atoms with Crippen LogP contribution in [0.4, 0.5) is 4.39 Å². The Kier molecular flexibility index (Phi) is 4.32. The summed E-state index contributed by atoms with van der Waals surface area (Å²) in [4.78, 5) is -0.289. The average Bonchev–Trinajstić information content (AvgIpc) is 2.27. The normalized spacial score (nSPS) is 19.3. The molecule has 1 fully saturated rings. The summed E-state index contributed by atoms with van der Waals surface area (Å²) in [5.41, 5.74) is -0.462. The zero-order valence-corrected chi connectivity index (χ0v) is 13.2. The summed E-state index contributed by atoms with van der Waals surface area (Å²) in [6.07, 6.45) is 4.72. The van der Waals surface area contributed by atoms with Gasteiger partial charge < -0.3 is 0 Å². The number of halogens is 2. The van der Waals surface area contributed by atoms with E-state index in [9.17, 15) is 12.8 Å². The Balaban J connectivity index is 2.27. The highest BCUT2D eigenvalue weighted by Gasteiger charge is 2.33. The molecule has 0 aromatic heterocycles. The molecule has 1 aromatic rings.